The highest BCUT2D eigenvalue weighted by molar-refractivity contribution is 7.66. The van der Waals surface area contributed by atoms with Crippen LogP contribution in [0.5, 0.6) is 0 Å². The zero-order valence-corrected chi connectivity index (χ0v) is 42.7. The molecule has 77 heavy (non-hydrogen) atoms. The molecule has 5 aromatic heterocycles. The zero-order chi connectivity index (χ0) is 56.3. The lowest BCUT2D eigenvalue weighted by molar-refractivity contribution is -0.0581. The SMILES string of the molecule is C=CN(c1nc(N)[nH]c(=O)c1NC)C1OC(COP(=O)(O)OP(=O)(O)OP(=O)(O)OCC2OC(n3cnc4c(=O)[nH]c(N)nc43)C(OC)C2OP(=O)(O)OCC2OC(n3cnc4c(=O)[nH]c(N)nc43)C(O)C2O)C(O)C1O. The number of rotatable bonds is 22. The highest BCUT2D eigenvalue weighted by atomic mass is 31.3. The van der Waals surface area contributed by atoms with Gasteiger partial charge in [0.1, 0.15) is 60.6 Å². The van der Waals surface area contributed by atoms with Crippen molar-refractivity contribution in [3.05, 3.63) is 56.5 Å². The van der Waals surface area contributed by atoms with Crippen LogP contribution in [-0.4, -0.2) is 184 Å². The normalized spacial score (nSPS) is 29.7. The molecule has 8 rings (SSSR count). The first-order valence-corrected chi connectivity index (χ1v) is 27.6. The lowest BCUT2D eigenvalue weighted by atomic mass is 10.1. The molecule has 0 amide bonds. The fourth-order valence-electron chi connectivity index (χ4n) is 8.11. The van der Waals surface area contributed by atoms with Crippen LogP contribution < -0.4 is 44.1 Å². The highest BCUT2D eigenvalue weighted by Crippen LogP contribution is 2.68. The molecule has 44 heteroatoms. The van der Waals surface area contributed by atoms with Crippen LogP contribution in [0.4, 0.5) is 29.4 Å². The predicted molar refractivity (Wildman–Crippen MR) is 252 cm³/mol. The minimum absolute atomic E-state index is 0.169. The highest BCUT2D eigenvalue weighted by Gasteiger charge is 2.54. The number of phosphoric ester groups is 3. The van der Waals surface area contributed by atoms with Gasteiger partial charge in [-0.3, -0.25) is 56.6 Å². The molecule has 3 fully saturated rings. The average molecular weight is 1180 g/mol. The monoisotopic (exact) mass is 1180 g/mol. The molecule has 16 atom stereocenters. The number of anilines is 5. The summed E-state index contributed by atoms with van der Waals surface area (Å²) in [6.45, 7) is 0.00814. The number of nitrogens with one attached hydrogen (secondary N) is 4. The van der Waals surface area contributed by atoms with E-state index in [-0.39, 0.29) is 45.7 Å². The van der Waals surface area contributed by atoms with E-state index >= 15 is 0 Å². The Morgan fingerprint density at radius 3 is 1.68 bits per heavy atom. The van der Waals surface area contributed by atoms with Gasteiger partial charge in [-0.25, -0.2) is 28.2 Å². The molecular formula is C33H47N15O25P4. The van der Waals surface area contributed by atoms with Gasteiger partial charge in [0.25, 0.3) is 16.7 Å². The summed E-state index contributed by atoms with van der Waals surface area (Å²) in [6.07, 6.45) is -18.1. The summed E-state index contributed by atoms with van der Waals surface area (Å²) in [5, 5.41) is 45.8. The quantitative estimate of drug-likeness (QED) is 0.0291. The van der Waals surface area contributed by atoms with E-state index in [0.717, 1.165) is 40.0 Å². The summed E-state index contributed by atoms with van der Waals surface area (Å²) in [7, 11) is -21.3. The number of hydrogen-bond acceptors (Lipinski definition) is 31. The van der Waals surface area contributed by atoms with Gasteiger partial charge in [-0.05, 0) is 0 Å². The van der Waals surface area contributed by atoms with Gasteiger partial charge in [0.15, 0.2) is 46.8 Å². The summed E-state index contributed by atoms with van der Waals surface area (Å²) < 4.78 is 106. The van der Waals surface area contributed by atoms with Crippen molar-refractivity contribution in [3.63, 3.8) is 0 Å². The fraction of sp³-hybridized carbons (Fsp3) is 0.515. The minimum atomic E-state index is -6.25. The Morgan fingerprint density at radius 1 is 0.675 bits per heavy atom. The van der Waals surface area contributed by atoms with Crippen molar-refractivity contribution < 1.29 is 104 Å². The third kappa shape index (κ3) is 12.1. The number of H-pyrrole nitrogens is 3. The van der Waals surface area contributed by atoms with Gasteiger partial charge in [0.2, 0.25) is 17.8 Å². The largest absolute Gasteiger partial charge is 0.490 e. The number of aromatic nitrogens is 10. The van der Waals surface area contributed by atoms with Gasteiger partial charge >= 0.3 is 31.3 Å². The Labute approximate surface area is 426 Å². The molecule has 8 heterocycles. The van der Waals surface area contributed by atoms with Crippen molar-refractivity contribution >= 4 is 83.0 Å². The minimum Gasteiger partial charge on any atom is -0.387 e. The molecule has 16 unspecified atom stereocenters. The molecule has 0 aromatic carbocycles. The summed E-state index contributed by atoms with van der Waals surface area (Å²) in [5.41, 5.74) is 13.5. The number of nitrogens with two attached hydrogens (primary N) is 3. The molecule has 5 aromatic rings. The summed E-state index contributed by atoms with van der Waals surface area (Å²) in [4.78, 5) is 107. The molecule has 3 saturated heterocycles. The van der Waals surface area contributed by atoms with Crippen LogP contribution in [0.3, 0.4) is 0 Å². The van der Waals surface area contributed by atoms with E-state index in [1.165, 1.54) is 7.05 Å². The number of imidazole rings is 2. The third-order valence-corrected chi connectivity index (χ3v) is 16.7. The Bertz CT molecular complexity index is 3420. The molecule has 0 bridgehead atoms. The van der Waals surface area contributed by atoms with E-state index in [0.29, 0.717) is 0 Å². The third-order valence-electron chi connectivity index (χ3n) is 11.4. The lowest BCUT2D eigenvalue weighted by Crippen LogP contribution is -2.42. The lowest BCUT2D eigenvalue weighted by Gasteiger charge is -2.29. The second kappa shape index (κ2) is 22.0. The first-order valence-electron chi connectivity index (χ1n) is 21.6. The number of aliphatic hydroxyl groups is 4. The van der Waals surface area contributed by atoms with Crippen molar-refractivity contribution in [1.82, 2.24) is 49.0 Å². The number of nitrogen functional groups attached to an aromatic ring is 3. The van der Waals surface area contributed by atoms with Gasteiger partial charge in [0, 0.05) is 20.4 Å². The van der Waals surface area contributed by atoms with Crippen molar-refractivity contribution in [2.45, 2.75) is 73.6 Å². The second-order valence-corrected chi connectivity index (χ2v) is 22.4. The van der Waals surface area contributed by atoms with Crippen molar-refractivity contribution in [2.24, 2.45) is 0 Å². The molecule has 3 aliphatic heterocycles. The molecular weight excluding hydrogens is 1130 g/mol. The van der Waals surface area contributed by atoms with Crippen LogP contribution in [0, 0.1) is 0 Å². The van der Waals surface area contributed by atoms with Crippen LogP contribution in [0.2, 0.25) is 0 Å². The van der Waals surface area contributed by atoms with Crippen molar-refractivity contribution in [3.8, 4) is 0 Å². The van der Waals surface area contributed by atoms with Crippen LogP contribution >= 0.6 is 31.3 Å². The number of nitrogens with zero attached hydrogens (tertiary/aromatic N) is 8. The molecule has 0 saturated carbocycles. The van der Waals surface area contributed by atoms with E-state index in [2.05, 4.69) is 64.9 Å². The van der Waals surface area contributed by atoms with E-state index in [1.54, 1.807) is 0 Å². The Morgan fingerprint density at radius 2 is 1.14 bits per heavy atom. The molecule has 0 spiro atoms. The van der Waals surface area contributed by atoms with E-state index < -0.39 is 147 Å². The number of aliphatic hydroxyl groups excluding tert-OH is 4. The number of fused-ring (bicyclic) bond motifs is 2. The molecule has 424 valence electrons. The summed E-state index contributed by atoms with van der Waals surface area (Å²) >= 11 is 0. The van der Waals surface area contributed by atoms with E-state index in [1.807, 2.05) is 0 Å². The van der Waals surface area contributed by atoms with Crippen LogP contribution in [0.25, 0.3) is 22.3 Å². The summed E-state index contributed by atoms with van der Waals surface area (Å²) in [6, 6.07) is 0. The predicted octanol–water partition coefficient (Wildman–Crippen LogP) is -4.38. The topological polar surface area (TPSA) is 589 Å². The Balaban J connectivity index is 0.941. The number of phosphoric acid groups is 4. The summed E-state index contributed by atoms with van der Waals surface area (Å²) in [5.74, 6) is -1.37. The van der Waals surface area contributed by atoms with E-state index in [9.17, 15) is 72.6 Å². The van der Waals surface area contributed by atoms with Gasteiger partial charge in [-0.1, -0.05) is 6.58 Å². The Hall–Kier alpha value is -5.48. The van der Waals surface area contributed by atoms with Crippen LogP contribution in [0.15, 0.2) is 39.8 Å². The van der Waals surface area contributed by atoms with Crippen LogP contribution in [-0.2, 0) is 63.9 Å². The zero-order valence-electron chi connectivity index (χ0n) is 39.1. The standard InChI is InChI=1S/C33H47N15O25P4/c1-4-46(22-13(37-2)25(53)43-31(34)40-22)28-18(51)16(49)11(68-28)6-66-75(58,59)72-77(62,63)73-76(60,61)67-7-12-20(21(64-3)30(70-12)48-9-39-15-24(48)42-33(36)45-27(15)55)71-74(56,57)65-5-10-17(50)19(52)29(69-10)47-8-38-14-23(47)41-32(35)44-26(14)54/h4,8-12,16-21,28-30,37,49-52H,1,5-7H2,2-3H3,(H,56,57)(H,58,59)(H,60,61)(H,62,63)(H3,34,40,43,53)(H3,35,41,44,54)(H3,36,42,45,55). The maximum absolute atomic E-state index is 13.7. The number of methoxy groups -OCH3 is 1. The molecule has 0 radical (unpaired) electrons. The van der Waals surface area contributed by atoms with Crippen LogP contribution in [0.1, 0.15) is 12.5 Å². The van der Waals surface area contributed by atoms with Crippen molar-refractivity contribution in [1.29, 1.82) is 0 Å². The number of hydrogen-bond donors (Lipinski definition) is 15. The molecule has 18 N–H and O–H groups in total. The smallest absolute Gasteiger partial charge is 0.387 e. The number of aromatic amines is 3. The Kier molecular flexibility index (Phi) is 16.5. The van der Waals surface area contributed by atoms with Gasteiger partial charge in [-0.15, -0.1) is 0 Å². The van der Waals surface area contributed by atoms with Gasteiger partial charge in [0.05, 0.1) is 32.5 Å². The van der Waals surface area contributed by atoms with Gasteiger partial charge in [-0.2, -0.15) is 23.6 Å². The maximum Gasteiger partial charge on any atom is 0.490 e. The van der Waals surface area contributed by atoms with Gasteiger partial charge < -0.3 is 86.4 Å². The second-order valence-electron chi connectivity index (χ2n) is 16.4. The molecule has 0 aliphatic carbocycles. The molecule has 40 nitrogen and oxygen atoms in total. The van der Waals surface area contributed by atoms with Crippen molar-refractivity contribution in [2.75, 3.05) is 61.4 Å². The first kappa shape index (κ1) is 57.7. The molecule has 3 aliphatic rings. The van der Waals surface area contributed by atoms with E-state index in [4.69, 9.17) is 49.7 Å². The maximum atomic E-state index is 13.7. The fourth-order valence-corrected chi connectivity index (χ4v) is 12.6. The first-order chi connectivity index (χ1) is 36.1. The number of ether oxygens (including phenoxy) is 4. The average Bonchev–Trinajstić information content (AvgIpc) is 4.16.